The van der Waals surface area contributed by atoms with Crippen molar-refractivity contribution in [2.45, 2.75) is 13.5 Å². The van der Waals surface area contributed by atoms with E-state index in [-0.39, 0.29) is 24.6 Å². The SMILES string of the molecule is Cc1nc(-c2ccccc2)sc1-c1ccc(=O)n(CCNC(=O)c2ccc(F)cc2)n1. The third-order valence-corrected chi connectivity index (χ3v) is 5.86. The van der Waals surface area contributed by atoms with E-state index in [9.17, 15) is 14.0 Å². The van der Waals surface area contributed by atoms with E-state index >= 15 is 0 Å². The van der Waals surface area contributed by atoms with Crippen molar-refractivity contribution in [3.05, 3.63) is 94.2 Å². The first-order chi connectivity index (χ1) is 15.0. The maximum atomic E-state index is 13.0. The number of carbonyl (C=O) groups is 1. The van der Waals surface area contributed by atoms with E-state index in [4.69, 9.17) is 0 Å². The Morgan fingerprint density at radius 3 is 2.55 bits per heavy atom. The zero-order valence-electron chi connectivity index (χ0n) is 16.7. The van der Waals surface area contributed by atoms with Crippen molar-refractivity contribution >= 4 is 17.2 Å². The molecule has 2 aromatic heterocycles. The number of hydrogen-bond acceptors (Lipinski definition) is 5. The fourth-order valence-corrected chi connectivity index (χ4v) is 4.08. The maximum absolute atomic E-state index is 13.0. The molecule has 31 heavy (non-hydrogen) atoms. The molecule has 1 amide bonds. The van der Waals surface area contributed by atoms with Crippen LogP contribution in [0.15, 0.2) is 71.5 Å². The zero-order chi connectivity index (χ0) is 21.8. The minimum atomic E-state index is -0.405. The third-order valence-electron chi connectivity index (χ3n) is 4.63. The molecule has 0 spiro atoms. The van der Waals surface area contributed by atoms with Crippen LogP contribution in [0.5, 0.6) is 0 Å². The number of amides is 1. The van der Waals surface area contributed by atoms with Crippen molar-refractivity contribution in [3.63, 3.8) is 0 Å². The van der Waals surface area contributed by atoms with E-state index in [1.54, 1.807) is 6.07 Å². The van der Waals surface area contributed by atoms with E-state index in [0.29, 0.717) is 11.3 Å². The fourth-order valence-electron chi connectivity index (χ4n) is 3.05. The number of aryl methyl sites for hydroxylation is 1. The number of carbonyl (C=O) groups excluding carboxylic acids is 1. The quantitative estimate of drug-likeness (QED) is 0.499. The van der Waals surface area contributed by atoms with E-state index in [1.807, 2.05) is 37.3 Å². The summed E-state index contributed by atoms with van der Waals surface area (Å²) < 4.78 is 14.3. The summed E-state index contributed by atoms with van der Waals surface area (Å²) in [5.74, 6) is -0.743. The van der Waals surface area contributed by atoms with Gasteiger partial charge in [-0.3, -0.25) is 9.59 Å². The van der Waals surface area contributed by atoms with Gasteiger partial charge in [-0.25, -0.2) is 14.1 Å². The van der Waals surface area contributed by atoms with Crippen molar-refractivity contribution in [2.24, 2.45) is 0 Å². The molecule has 0 radical (unpaired) electrons. The minimum absolute atomic E-state index is 0.211. The molecule has 6 nitrogen and oxygen atoms in total. The molecule has 0 aliphatic carbocycles. The number of hydrogen-bond donors (Lipinski definition) is 1. The highest BCUT2D eigenvalue weighted by atomic mass is 32.1. The number of halogens is 1. The van der Waals surface area contributed by atoms with E-state index in [1.165, 1.54) is 46.4 Å². The molecule has 2 heterocycles. The normalized spacial score (nSPS) is 10.8. The van der Waals surface area contributed by atoms with Gasteiger partial charge in [0.05, 0.1) is 17.1 Å². The molecular formula is C23H19FN4O2S. The Labute approximate surface area is 182 Å². The van der Waals surface area contributed by atoms with Gasteiger partial charge in [0.1, 0.15) is 16.5 Å². The van der Waals surface area contributed by atoms with Crippen molar-refractivity contribution in [1.82, 2.24) is 20.1 Å². The summed E-state index contributed by atoms with van der Waals surface area (Å²) in [6.07, 6.45) is 0. The number of nitrogens with zero attached hydrogens (tertiary/aromatic N) is 3. The highest BCUT2D eigenvalue weighted by Crippen LogP contribution is 2.33. The summed E-state index contributed by atoms with van der Waals surface area (Å²) in [7, 11) is 0. The van der Waals surface area contributed by atoms with Gasteiger partial charge in [-0.2, -0.15) is 5.10 Å². The second-order valence-electron chi connectivity index (χ2n) is 6.84. The van der Waals surface area contributed by atoms with Crippen LogP contribution in [0.1, 0.15) is 16.1 Å². The van der Waals surface area contributed by atoms with Crippen LogP contribution in [0.2, 0.25) is 0 Å². The average Bonchev–Trinajstić information content (AvgIpc) is 3.17. The van der Waals surface area contributed by atoms with Gasteiger partial charge >= 0.3 is 0 Å². The summed E-state index contributed by atoms with van der Waals surface area (Å²) in [5.41, 5.74) is 2.61. The lowest BCUT2D eigenvalue weighted by Crippen LogP contribution is -2.31. The van der Waals surface area contributed by atoms with Crippen LogP contribution in [-0.4, -0.2) is 27.2 Å². The standard InChI is InChI=1S/C23H19FN4O2S/c1-15-21(31-23(26-15)17-5-3-2-4-6-17)19-11-12-20(29)28(27-19)14-13-25-22(30)16-7-9-18(24)10-8-16/h2-12H,13-14H2,1H3,(H,25,30). The average molecular weight is 434 g/mol. The Morgan fingerprint density at radius 1 is 1.06 bits per heavy atom. The summed E-state index contributed by atoms with van der Waals surface area (Å²) in [6, 6.07) is 18.3. The lowest BCUT2D eigenvalue weighted by atomic mass is 10.2. The number of aromatic nitrogens is 3. The van der Waals surface area contributed by atoms with Gasteiger partial charge in [-0.15, -0.1) is 11.3 Å². The van der Waals surface area contributed by atoms with E-state index in [0.717, 1.165) is 21.1 Å². The van der Waals surface area contributed by atoms with Crippen molar-refractivity contribution < 1.29 is 9.18 Å². The second kappa shape index (κ2) is 9.01. The molecule has 0 unspecified atom stereocenters. The largest absolute Gasteiger partial charge is 0.350 e. The van der Waals surface area contributed by atoms with Gasteiger partial charge in [0.25, 0.3) is 11.5 Å². The lowest BCUT2D eigenvalue weighted by molar-refractivity contribution is 0.0951. The molecule has 4 aromatic rings. The Bertz CT molecular complexity index is 1270. The zero-order valence-corrected chi connectivity index (χ0v) is 17.5. The third kappa shape index (κ3) is 4.75. The predicted molar refractivity (Wildman–Crippen MR) is 119 cm³/mol. The first-order valence-electron chi connectivity index (χ1n) is 9.66. The van der Waals surface area contributed by atoms with Crippen LogP contribution in [0.4, 0.5) is 4.39 Å². The minimum Gasteiger partial charge on any atom is -0.350 e. The van der Waals surface area contributed by atoms with Crippen LogP contribution in [0.3, 0.4) is 0 Å². The Balaban J connectivity index is 1.49. The molecule has 2 aromatic carbocycles. The number of rotatable bonds is 6. The molecule has 0 atom stereocenters. The Morgan fingerprint density at radius 2 is 1.81 bits per heavy atom. The maximum Gasteiger partial charge on any atom is 0.266 e. The molecule has 0 bridgehead atoms. The Kier molecular flexibility index (Phi) is 5.99. The van der Waals surface area contributed by atoms with Gasteiger partial charge in [-0.1, -0.05) is 30.3 Å². The van der Waals surface area contributed by atoms with E-state index < -0.39 is 5.82 Å². The van der Waals surface area contributed by atoms with Crippen molar-refractivity contribution in [3.8, 4) is 21.1 Å². The van der Waals surface area contributed by atoms with Gasteiger partial charge in [0.15, 0.2) is 0 Å². The van der Waals surface area contributed by atoms with Gasteiger partial charge in [0.2, 0.25) is 0 Å². The molecule has 0 saturated heterocycles. The lowest BCUT2D eigenvalue weighted by Gasteiger charge is -2.08. The number of nitrogens with one attached hydrogen (secondary N) is 1. The van der Waals surface area contributed by atoms with Crippen LogP contribution < -0.4 is 10.9 Å². The molecule has 8 heteroatoms. The molecule has 1 N–H and O–H groups in total. The van der Waals surface area contributed by atoms with E-state index in [2.05, 4.69) is 15.4 Å². The van der Waals surface area contributed by atoms with Crippen LogP contribution in [0, 0.1) is 12.7 Å². The summed E-state index contributed by atoms with van der Waals surface area (Å²) in [5, 5.41) is 8.07. The van der Waals surface area contributed by atoms with Crippen molar-refractivity contribution in [2.75, 3.05) is 6.54 Å². The molecule has 156 valence electrons. The highest BCUT2D eigenvalue weighted by Gasteiger charge is 2.14. The molecule has 0 aliphatic rings. The van der Waals surface area contributed by atoms with Gasteiger partial charge in [0, 0.05) is 23.7 Å². The predicted octanol–water partition coefficient (Wildman–Crippen LogP) is 3.91. The molecule has 0 aliphatic heterocycles. The monoisotopic (exact) mass is 434 g/mol. The van der Waals surface area contributed by atoms with Crippen LogP contribution >= 0.6 is 11.3 Å². The van der Waals surface area contributed by atoms with Crippen LogP contribution in [0.25, 0.3) is 21.1 Å². The number of thiazole rings is 1. The molecule has 0 fully saturated rings. The topological polar surface area (TPSA) is 76.9 Å². The number of benzene rings is 2. The first kappa shape index (κ1) is 20.6. The molecular weight excluding hydrogens is 415 g/mol. The molecule has 0 saturated carbocycles. The molecule has 4 rings (SSSR count). The highest BCUT2D eigenvalue weighted by molar-refractivity contribution is 7.18. The van der Waals surface area contributed by atoms with Crippen LogP contribution in [-0.2, 0) is 6.54 Å². The van der Waals surface area contributed by atoms with Gasteiger partial charge in [-0.05, 0) is 37.3 Å². The summed E-state index contributed by atoms with van der Waals surface area (Å²) in [6.45, 7) is 2.34. The fraction of sp³-hybridized carbons (Fsp3) is 0.130. The summed E-state index contributed by atoms with van der Waals surface area (Å²) in [4.78, 5) is 29.9. The van der Waals surface area contributed by atoms with Gasteiger partial charge < -0.3 is 5.32 Å². The smallest absolute Gasteiger partial charge is 0.266 e. The van der Waals surface area contributed by atoms with Crippen molar-refractivity contribution in [1.29, 1.82) is 0 Å². The first-order valence-corrected chi connectivity index (χ1v) is 10.5. The summed E-state index contributed by atoms with van der Waals surface area (Å²) >= 11 is 1.52. The second-order valence-corrected chi connectivity index (χ2v) is 7.84. The Hall–Kier alpha value is -3.65.